The van der Waals surface area contributed by atoms with Gasteiger partial charge in [-0.2, -0.15) is 0 Å². The topological polar surface area (TPSA) is 51.1 Å². The zero-order chi connectivity index (χ0) is 27.2. The minimum Gasteiger partial charge on any atom is -0.490 e. The van der Waals surface area contributed by atoms with Crippen molar-refractivity contribution < 1.29 is 14.3 Å². The van der Waals surface area contributed by atoms with Crippen LogP contribution < -0.4 is 9.47 Å². The first kappa shape index (κ1) is 27.6. The van der Waals surface area contributed by atoms with Gasteiger partial charge >= 0.3 is 0 Å². The van der Waals surface area contributed by atoms with Crippen molar-refractivity contribution in [1.29, 1.82) is 0 Å². The van der Waals surface area contributed by atoms with E-state index in [0.717, 1.165) is 47.7 Å². The maximum atomic E-state index is 13.7. The second-order valence-electron chi connectivity index (χ2n) is 9.47. The summed E-state index contributed by atoms with van der Waals surface area (Å²) < 4.78 is 11.9. The second-order valence-corrected chi connectivity index (χ2v) is 11.3. The molecule has 1 aliphatic heterocycles. The lowest BCUT2D eigenvalue weighted by Crippen LogP contribution is -2.40. The molecular formula is C31H30Cl2N2O3S. The molecule has 5 nitrogen and oxygen atoms in total. The van der Waals surface area contributed by atoms with E-state index in [1.54, 1.807) is 12.1 Å². The third kappa shape index (κ3) is 6.81. The Hall–Kier alpha value is -2.93. The summed E-state index contributed by atoms with van der Waals surface area (Å²) in [5, 5.41) is 1.87. The first-order chi connectivity index (χ1) is 19.0. The van der Waals surface area contributed by atoms with E-state index >= 15 is 0 Å². The third-order valence-electron chi connectivity index (χ3n) is 6.72. The van der Waals surface area contributed by atoms with Crippen molar-refractivity contribution in [3.05, 3.63) is 92.8 Å². The van der Waals surface area contributed by atoms with Crippen molar-refractivity contribution in [1.82, 2.24) is 4.90 Å². The van der Waals surface area contributed by atoms with Gasteiger partial charge in [0.2, 0.25) is 0 Å². The summed E-state index contributed by atoms with van der Waals surface area (Å²) in [7, 11) is 0. The molecule has 1 aliphatic carbocycles. The number of halogens is 2. The third-order valence-corrected chi connectivity index (χ3v) is 8.29. The lowest BCUT2D eigenvalue weighted by Gasteiger charge is -2.30. The Kier molecular flexibility index (Phi) is 9.17. The molecule has 1 saturated carbocycles. The quantitative estimate of drug-likeness (QED) is 0.249. The van der Waals surface area contributed by atoms with Crippen LogP contribution in [0.4, 0.5) is 5.69 Å². The van der Waals surface area contributed by atoms with E-state index in [2.05, 4.69) is 0 Å². The largest absolute Gasteiger partial charge is 0.490 e. The van der Waals surface area contributed by atoms with Crippen LogP contribution in [-0.4, -0.2) is 28.6 Å². The van der Waals surface area contributed by atoms with E-state index < -0.39 is 0 Å². The standard InChI is InChI=1S/C31H30Cl2N2O3S/c1-2-37-28-17-21(13-16-27(28)38-20-22-14-15-23(32)19-26(22)33)18-29-30(36)35(25-11-7-4-8-12-25)31(39-29)34-24-9-5-3-6-10-24/h3,5-6,9-10,13-19,25H,2,4,7-8,11-12,20H2,1H3. The van der Waals surface area contributed by atoms with Gasteiger partial charge in [-0.15, -0.1) is 0 Å². The SMILES string of the molecule is CCOc1cc(C=C2SC(=Nc3ccccc3)N(C3CCCCC3)C2=O)ccc1OCc1ccc(Cl)cc1Cl. The van der Waals surface area contributed by atoms with Crippen molar-refractivity contribution in [2.45, 2.75) is 51.7 Å². The van der Waals surface area contributed by atoms with Crippen LogP contribution in [0.15, 0.2) is 76.6 Å². The molecule has 0 bridgehead atoms. The average molecular weight is 582 g/mol. The van der Waals surface area contributed by atoms with Crippen LogP contribution in [0.3, 0.4) is 0 Å². The molecule has 202 valence electrons. The summed E-state index contributed by atoms with van der Waals surface area (Å²) in [4.78, 5) is 21.1. The highest BCUT2D eigenvalue weighted by atomic mass is 35.5. The van der Waals surface area contributed by atoms with Crippen LogP contribution in [0.1, 0.15) is 50.2 Å². The van der Waals surface area contributed by atoms with Crippen molar-refractivity contribution in [2.75, 3.05) is 6.61 Å². The molecule has 39 heavy (non-hydrogen) atoms. The number of benzene rings is 3. The van der Waals surface area contributed by atoms with Crippen molar-refractivity contribution >= 4 is 57.8 Å². The predicted octanol–water partition coefficient (Wildman–Crippen LogP) is 8.91. The lowest BCUT2D eigenvalue weighted by molar-refractivity contribution is -0.124. The molecule has 2 fully saturated rings. The van der Waals surface area contributed by atoms with E-state index in [0.29, 0.717) is 33.1 Å². The van der Waals surface area contributed by atoms with Gasteiger partial charge in [0.15, 0.2) is 16.7 Å². The van der Waals surface area contributed by atoms with E-state index in [4.69, 9.17) is 37.7 Å². The molecule has 0 atom stereocenters. The molecule has 0 radical (unpaired) electrons. The van der Waals surface area contributed by atoms with Crippen molar-refractivity contribution in [3.8, 4) is 11.5 Å². The predicted molar refractivity (Wildman–Crippen MR) is 161 cm³/mol. The monoisotopic (exact) mass is 580 g/mol. The number of hydrogen-bond acceptors (Lipinski definition) is 5. The number of hydrogen-bond donors (Lipinski definition) is 0. The van der Waals surface area contributed by atoms with Crippen molar-refractivity contribution in [2.24, 2.45) is 4.99 Å². The highest BCUT2D eigenvalue weighted by molar-refractivity contribution is 8.18. The molecule has 8 heteroatoms. The molecule has 0 spiro atoms. The van der Waals surface area contributed by atoms with Crippen LogP contribution in [0.5, 0.6) is 11.5 Å². The minimum atomic E-state index is 0.0113. The normalized spacial score (nSPS) is 18.2. The van der Waals surface area contributed by atoms with Gasteiger partial charge in [-0.3, -0.25) is 9.69 Å². The van der Waals surface area contributed by atoms with Crippen LogP contribution in [-0.2, 0) is 11.4 Å². The molecule has 3 aromatic rings. The first-order valence-electron chi connectivity index (χ1n) is 13.2. The number of ether oxygens (including phenoxy) is 2. The van der Waals surface area contributed by atoms with Gasteiger partial charge in [0.25, 0.3) is 5.91 Å². The van der Waals surface area contributed by atoms with Gasteiger partial charge < -0.3 is 9.47 Å². The Morgan fingerprint density at radius 2 is 1.77 bits per heavy atom. The van der Waals surface area contributed by atoms with Gasteiger partial charge in [0.1, 0.15) is 6.61 Å². The number of carbonyl (C=O) groups is 1. The Morgan fingerprint density at radius 1 is 0.974 bits per heavy atom. The maximum absolute atomic E-state index is 13.7. The summed E-state index contributed by atoms with van der Waals surface area (Å²) in [5.74, 6) is 1.22. The Bertz CT molecular complexity index is 1390. The number of rotatable bonds is 8. The van der Waals surface area contributed by atoms with Crippen LogP contribution in [0.25, 0.3) is 6.08 Å². The Morgan fingerprint density at radius 3 is 2.51 bits per heavy atom. The van der Waals surface area contributed by atoms with Gasteiger partial charge in [0, 0.05) is 21.7 Å². The fourth-order valence-corrected chi connectivity index (χ4v) is 6.31. The molecule has 0 aromatic heterocycles. The maximum Gasteiger partial charge on any atom is 0.267 e. The van der Waals surface area contributed by atoms with E-state index in [1.165, 1.54) is 18.2 Å². The van der Waals surface area contributed by atoms with Crippen molar-refractivity contribution in [3.63, 3.8) is 0 Å². The van der Waals surface area contributed by atoms with E-state index in [1.807, 2.05) is 72.5 Å². The molecule has 5 rings (SSSR count). The fraction of sp³-hybridized carbons (Fsp3) is 0.290. The van der Waals surface area contributed by atoms with E-state index in [9.17, 15) is 4.79 Å². The summed E-state index contributed by atoms with van der Waals surface area (Å²) >= 11 is 13.8. The Labute approximate surface area is 243 Å². The highest BCUT2D eigenvalue weighted by Gasteiger charge is 2.38. The lowest BCUT2D eigenvalue weighted by atomic mass is 9.94. The smallest absolute Gasteiger partial charge is 0.267 e. The molecular weight excluding hydrogens is 551 g/mol. The number of amides is 1. The van der Waals surface area contributed by atoms with Gasteiger partial charge in [-0.05, 0) is 79.6 Å². The molecule has 3 aromatic carbocycles. The minimum absolute atomic E-state index is 0.0113. The molecule has 1 heterocycles. The summed E-state index contributed by atoms with van der Waals surface area (Å²) in [6, 6.07) is 21.0. The highest BCUT2D eigenvalue weighted by Crippen LogP contribution is 2.39. The number of thioether (sulfide) groups is 1. The molecule has 0 N–H and O–H groups in total. The summed E-state index contributed by atoms with van der Waals surface area (Å²) in [6.07, 6.45) is 7.42. The van der Waals surface area contributed by atoms with Crippen LogP contribution in [0, 0.1) is 0 Å². The van der Waals surface area contributed by atoms with Crippen LogP contribution >= 0.6 is 35.0 Å². The molecule has 1 amide bonds. The molecule has 2 aliphatic rings. The number of para-hydroxylation sites is 1. The zero-order valence-electron chi connectivity index (χ0n) is 21.7. The summed E-state index contributed by atoms with van der Waals surface area (Å²) in [6.45, 7) is 2.69. The molecule has 0 unspecified atom stereocenters. The zero-order valence-corrected chi connectivity index (χ0v) is 24.1. The first-order valence-corrected chi connectivity index (χ1v) is 14.8. The molecule has 1 saturated heterocycles. The van der Waals surface area contributed by atoms with Gasteiger partial charge in [0.05, 0.1) is 17.2 Å². The number of amidine groups is 1. The number of nitrogens with zero attached hydrogens (tertiary/aromatic N) is 2. The Balaban J connectivity index is 1.40. The second kappa shape index (κ2) is 12.9. The number of aliphatic imine (C=N–C) groups is 1. The van der Waals surface area contributed by atoms with E-state index in [-0.39, 0.29) is 18.6 Å². The summed E-state index contributed by atoms with van der Waals surface area (Å²) in [5.41, 5.74) is 2.53. The van der Waals surface area contributed by atoms with Crippen LogP contribution in [0.2, 0.25) is 10.0 Å². The van der Waals surface area contributed by atoms with Gasteiger partial charge in [-0.25, -0.2) is 4.99 Å². The average Bonchev–Trinajstić information content (AvgIpc) is 3.24. The number of carbonyl (C=O) groups excluding carboxylic acids is 1. The van der Waals surface area contributed by atoms with Gasteiger partial charge in [-0.1, -0.05) is 72.8 Å². The fourth-order valence-electron chi connectivity index (χ4n) is 4.79.